The van der Waals surface area contributed by atoms with Crippen molar-refractivity contribution in [1.82, 2.24) is 5.16 Å². The molecular weight excluding hydrogens is 412 g/mol. The van der Waals surface area contributed by atoms with Crippen LogP contribution in [0.15, 0.2) is 28.8 Å². The Balaban J connectivity index is 2.39. The summed E-state index contributed by atoms with van der Waals surface area (Å²) in [5.74, 6) is 0.267. The number of rotatable bonds is 10. The molecule has 0 aliphatic carbocycles. The minimum Gasteiger partial charge on any atom is -0.478 e. The van der Waals surface area contributed by atoms with E-state index >= 15 is 0 Å². The van der Waals surface area contributed by atoms with E-state index in [4.69, 9.17) is 9.26 Å². The summed E-state index contributed by atoms with van der Waals surface area (Å²) in [4.78, 5) is 26.3. The van der Waals surface area contributed by atoms with E-state index in [2.05, 4.69) is 48.4 Å². The van der Waals surface area contributed by atoms with Crippen LogP contribution in [0.3, 0.4) is 0 Å². The number of carboxylic acids is 1. The van der Waals surface area contributed by atoms with Crippen LogP contribution < -0.4 is 20.3 Å². The summed E-state index contributed by atoms with van der Waals surface area (Å²) < 4.78 is 10.7. The highest BCUT2D eigenvalue weighted by Crippen LogP contribution is 2.33. The van der Waals surface area contributed by atoms with E-state index in [1.54, 1.807) is 25.1 Å². The summed E-state index contributed by atoms with van der Waals surface area (Å²) in [6, 6.07) is 6.30. The number of nitrogens with zero attached hydrogens (tertiary/aromatic N) is 2. The van der Waals surface area contributed by atoms with E-state index in [0.29, 0.717) is 29.0 Å². The van der Waals surface area contributed by atoms with Gasteiger partial charge in [-0.2, -0.15) is 0 Å². The summed E-state index contributed by atoms with van der Waals surface area (Å²) in [6.45, 7) is 14.8. The van der Waals surface area contributed by atoms with E-state index in [9.17, 15) is 14.7 Å². The number of anilines is 3. The molecule has 0 atom stereocenters. The molecule has 3 N–H and O–H groups in total. The number of hydrogen-bond donors (Lipinski definition) is 3. The molecule has 0 aliphatic heterocycles. The van der Waals surface area contributed by atoms with Crippen molar-refractivity contribution in [3.63, 3.8) is 0 Å². The third kappa shape index (κ3) is 7.18. The number of benzene rings is 1. The lowest BCUT2D eigenvalue weighted by molar-refractivity contribution is -0.152. The smallest absolute Gasteiger partial charge is 0.347 e. The number of nitrogens with one attached hydrogen (secondary N) is 2. The molecule has 1 heterocycles. The number of ether oxygens (including phenoxy) is 1. The van der Waals surface area contributed by atoms with Crippen LogP contribution in [0.5, 0.6) is 5.75 Å². The van der Waals surface area contributed by atoms with Crippen molar-refractivity contribution in [1.29, 1.82) is 0 Å². The zero-order chi connectivity index (χ0) is 24.1. The monoisotopic (exact) mass is 446 g/mol. The number of amides is 2. The molecule has 1 aromatic heterocycles. The van der Waals surface area contributed by atoms with E-state index in [1.165, 1.54) is 13.8 Å². The van der Waals surface area contributed by atoms with Crippen molar-refractivity contribution in [3.05, 3.63) is 30.0 Å². The fourth-order valence-electron chi connectivity index (χ4n) is 3.13. The Morgan fingerprint density at radius 1 is 1.12 bits per heavy atom. The molecular formula is C23H34N4O5. The van der Waals surface area contributed by atoms with Crippen LogP contribution in [-0.4, -0.2) is 41.0 Å². The summed E-state index contributed by atoms with van der Waals surface area (Å²) in [7, 11) is 0. The lowest BCUT2D eigenvalue weighted by atomic mass is 10.1. The number of aromatic nitrogens is 1. The number of carbonyl (C=O) groups excluding carboxylic acids is 1. The fraction of sp³-hybridized carbons (Fsp3) is 0.522. The van der Waals surface area contributed by atoms with Crippen LogP contribution >= 0.6 is 0 Å². The van der Waals surface area contributed by atoms with Crippen LogP contribution in [0, 0.1) is 18.8 Å². The fourth-order valence-corrected chi connectivity index (χ4v) is 3.13. The number of carboxylic acid groups (broad SMARTS) is 1. The first-order valence-electron chi connectivity index (χ1n) is 10.7. The molecule has 0 bridgehead atoms. The van der Waals surface area contributed by atoms with Gasteiger partial charge in [-0.1, -0.05) is 32.9 Å². The van der Waals surface area contributed by atoms with E-state index in [0.717, 1.165) is 18.8 Å². The molecule has 0 spiro atoms. The van der Waals surface area contributed by atoms with Gasteiger partial charge in [-0.3, -0.25) is 5.32 Å². The van der Waals surface area contributed by atoms with Crippen molar-refractivity contribution >= 4 is 29.3 Å². The third-order valence-electron chi connectivity index (χ3n) is 4.48. The molecule has 2 amide bonds. The highest BCUT2D eigenvalue weighted by molar-refractivity contribution is 6.01. The highest BCUT2D eigenvalue weighted by atomic mass is 16.5. The van der Waals surface area contributed by atoms with Crippen LogP contribution in [0.4, 0.5) is 22.1 Å². The minimum absolute atomic E-state index is 0.224. The molecule has 0 radical (unpaired) electrons. The van der Waals surface area contributed by atoms with Gasteiger partial charge in [-0.25, -0.2) is 9.59 Å². The Kier molecular flexibility index (Phi) is 8.13. The molecule has 0 saturated heterocycles. The van der Waals surface area contributed by atoms with Gasteiger partial charge < -0.3 is 24.6 Å². The Hall–Kier alpha value is -3.23. The molecule has 9 nitrogen and oxygen atoms in total. The normalized spacial score (nSPS) is 11.5. The molecule has 0 saturated carbocycles. The van der Waals surface area contributed by atoms with Gasteiger partial charge in [0, 0.05) is 25.2 Å². The Morgan fingerprint density at radius 3 is 2.25 bits per heavy atom. The lowest BCUT2D eigenvalue weighted by Crippen LogP contribution is -2.38. The van der Waals surface area contributed by atoms with Crippen molar-refractivity contribution in [3.8, 4) is 5.75 Å². The maximum Gasteiger partial charge on any atom is 0.347 e. The first-order chi connectivity index (χ1) is 14.9. The quantitative estimate of drug-likeness (QED) is 0.471. The topological polar surface area (TPSA) is 117 Å². The zero-order valence-corrected chi connectivity index (χ0v) is 19.9. The van der Waals surface area contributed by atoms with Gasteiger partial charge in [0.1, 0.15) is 5.75 Å². The minimum atomic E-state index is -1.42. The largest absolute Gasteiger partial charge is 0.478 e. The second-order valence-electron chi connectivity index (χ2n) is 9.20. The molecule has 0 fully saturated rings. The molecule has 0 aliphatic rings. The maximum absolute atomic E-state index is 12.7. The van der Waals surface area contributed by atoms with E-state index < -0.39 is 17.6 Å². The van der Waals surface area contributed by atoms with Crippen LogP contribution in [-0.2, 0) is 4.79 Å². The van der Waals surface area contributed by atoms with Gasteiger partial charge in [0.15, 0.2) is 5.60 Å². The summed E-state index contributed by atoms with van der Waals surface area (Å²) in [6.07, 6.45) is 0. The number of aryl methyl sites for hydroxylation is 1. The number of hydrogen-bond acceptors (Lipinski definition) is 6. The number of urea groups is 1. The third-order valence-corrected chi connectivity index (χ3v) is 4.48. The predicted octanol–water partition coefficient (Wildman–Crippen LogP) is 4.99. The molecule has 1 aromatic carbocycles. The second kappa shape index (κ2) is 10.4. The molecule has 2 aromatic rings. The van der Waals surface area contributed by atoms with Gasteiger partial charge in [-0.05, 0) is 44.7 Å². The van der Waals surface area contributed by atoms with Gasteiger partial charge in [0.2, 0.25) is 5.88 Å². The van der Waals surface area contributed by atoms with Crippen molar-refractivity contribution in [2.24, 2.45) is 11.8 Å². The van der Waals surface area contributed by atoms with Gasteiger partial charge in [0.05, 0.1) is 17.1 Å². The summed E-state index contributed by atoms with van der Waals surface area (Å²) in [5, 5.41) is 18.6. The van der Waals surface area contributed by atoms with Crippen LogP contribution in [0.1, 0.15) is 47.2 Å². The van der Waals surface area contributed by atoms with E-state index in [-0.39, 0.29) is 5.88 Å². The SMILES string of the molecule is Cc1cc(NC(=O)Nc2cc(OC(C)(C)C(=O)O)ccc2N(CC(C)C)CC(C)C)on1. The predicted molar refractivity (Wildman–Crippen MR) is 125 cm³/mol. The summed E-state index contributed by atoms with van der Waals surface area (Å²) >= 11 is 0. The molecule has 176 valence electrons. The molecule has 9 heteroatoms. The van der Waals surface area contributed by atoms with Crippen LogP contribution in [0.2, 0.25) is 0 Å². The molecule has 32 heavy (non-hydrogen) atoms. The first kappa shape index (κ1) is 25.0. The Bertz CT molecular complexity index is 926. The molecule has 0 unspecified atom stereocenters. The summed E-state index contributed by atoms with van der Waals surface area (Å²) in [5.41, 5.74) is 0.538. The van der Waals surface area contributed by atoms with Crippen molar-refractivity contribution < 1.29 is 24.0 Å². The van der Waals surface area contributed by atoms with Gasteiger partial charge >= 0.3 is 12.0 Å². The Morgan fingerprint density at radius 2 is 1.75 bits per heavy atom. The van der Waals surface area contributed by atoms with Gasteiger partial charge in [0.25, 0.3) is 0 Å². The van der Waals surface area contributed by atoms with Gasteiger partial charge in [-0.15, -0.1) is 0 Å². The first-order valence-corrected chi connectivity index (χ1v) is 10.7. The average molecular weight is 447 g/mol. The highest BCUT2D eigenvalue weighted by Gasteiger charge is 2.30. The standard InChI is InChI=1S/C23H34N4O5/c1-14(2)12-27(13-15(3)4)19-9-8-17(31-23(6,7)21(28)29)11-18(19)24-22(30)25-20-10-16(5)26-32-20/h8-11,14-15H,12-13H2,1-7H3,(H,28,29)(H2,24,25,30). The van der Waals surface area contributed by atoms with Crippen LogP contribution in [0.25, 0.3) is 0 Å². The molecule has 2 rings (SSSR count). The van der Waals surface area contributed by atoms with Crippen molar-refractivity contribution in [2.45, 2.75) is 54.1 Å². The Labute approximate surface area is 189 Å². The average Bonchev–Trinajstić information content (AvgIpc) is 3.04. The number of carbonyl (C=O) groups is 2. The van der Waals surface area contributed by atoms with Crippen molar-refractivity contribution in [2.75, 3.05) is 28.6 Å². The lowest BCUT2D eigenvalue weighted by Gasteiger charge is -2.31. The van der Waals surface area contributed by atoms with E-state index in [1.807, 2.05) is 6.07 Å². The maximum atomic E-state index is 12.7. The second-order valence-corrected chi connectivity index (χ2v) is 9.20. The number of aliphatic carboxylic acids is 1. The zero-order valence-electron chi connectivity index (χ0n) is 19.9.